The Morgan fingerprint density at radius 2 is 1.72 bits per heavy atom. The third kappa shape index (κ3) is 5.66. The summed E-state index contributed by atoms with van der Waals surface area (Å²) in [4.78, 5) is 12.1. The van der Waals surface area contributed by atoms with Gasteiger partial charge in [-0.05, 0) is 61.0 Å². The van der Waals surface area contributed by atoms with E-state index in [0.29, 0.717) is 16.1 Å². The van der Waals surface area contributed by atoms with Gasteiger partial charge in [-0.2, -0.15) is 13.5 Å². The van der Waals surface area contributed by atoms with Gasteiger partial charge in [-0.1, -0.05) is 41.4 Å². The second-order valence-electron chi connectivity index (χ2n) is 6.13. The zero-order chi connectivity index (χ0) is 20.9. The number of hydrazone groups is 1. The van der Waals surface area contributed by atoms with E-state index >= 15 is 0 Å². The molecule has 0 spiro atoms. The molecule has 0 aliphatic carbocycles. The number of amides is 1. The third-order valence-corrected chi connectivity index (χ3v) is 5.37. The molecule has 1 amide bonds. The maximum absolute atomic E-state index is 12.4. The van der Waals surface area contributed by atoms with Crippen LogP contribution in [0.4, 0.5) is 0 Å². The predicted octanol–water partition coefficient (Wildman–Crippen LogP) is 4.18. The van der Waals surface area contributed by atoms with Crippen molar-refractivity contribution in [3.05, 3.63) is 94.5 Å². The molecule has 0 aliphatic rings. The van der Waals surface area contributed by atoms with Gasteiger partial charge in [-0.15, -0.1) is 0 Å². The molecule has 29 heavy (non-hydrogen) atoms. The van der Waals surface area contributed by atoms with Crippen molar-refractivity contribution in [2.45, 2.75) is 11.8 Å². The first-order valence-electron chi connectivity index (χ1n) is 8.54. The Balaban J connectivity index is 1.67. The van der Waals surface area contributed by atoms with E-state index in [1.165, 1.54) is 30.5 Å². The first-order valence-corrected chi connectivity index (χ1v) is 10.3. The van der Waals surface area contributed by atoms with Gasteiger partial charge >= 0.3 is 10.1 Å². The summed E-state index contributed by atoms with van der Waals surface area (Å²) in [6.07, 6.45) is 1.39. The van der Waals surface area contributed by atoms with Gasteiger partial charge in [-0.25, -0.2) is 5.43 Å². The Hall–Kier alpha value is -3.16. The second-order valence-corrected chi connectivity index (χ2v) is 8.11. The van der Waals surface area contributed by atoms with Crippen LogP contribution in [0.5, 0.6) is 5.75 Å². The van der Waals surface area contributed by atoms with Crippen molar-refractivity contribution in [1.82, 2.24) is 5.43 Å². The summed E-state index contributed by atoms with van der Waals surface area (Å²) in [5, 5.41) is 4.41. The Labute approximate surface area is 173 Å². The molecule has 3 aromatic carbocycles. The highest BCUT2D eigenvalue weighted by atomic mass is 35.5. The molecule has 0 aliphatic heterocycles. The third-order valence-electron chi connectivity index (χ3n) is 3.86. The van der Waals surface area contributed by atoms with Crippen LogP contribution in [-0.4, -0.2) is 20.5 Å². The lowest BCUT2D eigenvalue weighted by Crippen LogP contribution is -2.17. The highest BCUT2D eigenvalue weighted by Crippen LogP contribution is 2.19. The number of aryl methyl sites for hydroxylation is 1. The van der Waals surface area contributed by atoms with Crippen LogP contribution in [0.25, 0.3) is 0 Å². The van der Waals surface area contributed by atoms with Crippen LogP contribution < -0.4 is 9.61 Å². The fraction of sp³-hybridized carbons (Fsp3) is 0.0476. The van der Waals surface area contributed by atoms with Crippen molar-refractivity contribution in [2.75, 3.05) is 0 Å². The molecular weight excluding hydrogens is 412 g/mol. The van der Waals surface area contributed by atoms with Crippen molar-refractivity contribution >= 4 is 33.8 Å². The number of halogens is 1. The highest BCUT2D eigenvalue weighted by molar-refractivity contribution is 7.87. The Morgan fingerprint density at radius 1 is 1.03 bits per heavy atom. The monoisotopic (exact) mass is 428 g/mol. The van der Waals surface area contributed by atoms with Crippen LogP contribution in [0.15, 0.2) is 82.8 Å². The SMILES string of the molecule is Cc1ccc(S(=O)(=O)Oc2cccc(/C=N\NC(=O)c3ccc(Cl)cc3)c2)cc1. The maximum atomic E-state index is 12.4. The summed E-state index contributed by atoms with van der Waals surface area (Å²) in [5.74, 6) is -0.258. The van der Waals surface area contributed by atoms with Gasteiger partial charge in [0, 0.05) is 10.6 Å². The fourth-order valence-electron chi connectivity index (χ4n) is 2.36. The quantitative estimate of drug-likeness (QED) is 0.362. The van der Waals surface area contributed by atoms with Crippen LogP contribution in [0, 0.1) is 6.92 Å². The Bertz CT molecular complexity index is 1140. The minimum Gasteiger partial charge on any atom is -0.379 e. The van der Waals surface area contributed by atoms with Gasteiger partial charge in [0.25, 0.3) is 5.91 Å². The number of hydrogen-bond donors (Lipinski definition) is 1. The molecule has 8 heteroatoms. The first kappa shape index (κ1) is 20.6. The molecule has 0 saturated heterocycles. The van der Waals surface area contributed by atoms with Gasteiger partial charge in [-0.3, -0.25) is 4.79 Å². The lowest BCUT2D eigenvalue weighted by Gasteiger charge is -2.07. The van der Waals surface area contributed by atoms with E-state index in [1.54, 1.807) is 48.5 Å². The summed E-state index contributed by atoms with van der Waals surface area (Å²) in [7, 11) is -3.95. The average molecular weight is 429 g/mol. The molecule has 0 unspecified atom stereocenters. The summed E-state index contributed by atoms with van der Waals surface area (Å²) in [6.45, 7) is 1.87. The van der Waals surface area contributed by atoms with Crippen LogP contribution in [0.1, 0.15) is 21.5 Å². The van der Waals surface area contributed by atoms with Crippen molar-refractivity contribution in [1.29, 1.82) is 0 Å². The predicted molar refractivity (Wildman–Crippen MR) is 112 cm³/mol. The molecule has 0 radical (unpaired) electrons. The zero-order valence-corrected chi connectivity index (χ0v) is 16.9. The minimum absolute atomic E-state index is 0.0670. The molecule has 3 aromatic rings. The number of hydrogen-bond acceptors (Lipinski definition) is 5. The van der Waals surface area contributed by atoms with Crippen molar-refractivity contribution in [2.24, 2.45) is 5.10 Å². The minimum atomic E-state index is -3.95. The van der Waals surface area contributed by atoms with E-state index in [-0.39, 0.29) is 10.6 Å². The molecule has 0 saturated carbocycles. The smallest absolute Gasteiger partial charge is 0.339 e. The molecule has 0 fully saturated rings. The number of benzene rings is 3. The summed E-state index contributed by atoms with van der Waals surface area (Å²) < 4.78 is 30.0. The topological polar surface area (TPSA) is 84.8 Å². The van der Waals surface area contributed by atoms with Gasteiger partial charge in [0.15, 0.2) is 0 Å². The van der Waals surface area contributed by atoms with Crippen molar-refractivity contribution in [3.63, 3.8) is 0 Å². The van der Waals surface area contributed by atoms with E-state index in [1.807, 2.05) is 6.92 Å². The molecule has 6 nitrogen and oxygen atoms in total. The number of rotatable bonds is 6. The Morgan fingerprint density at radius 3 is 2.41 bits per heavy atom. The van der Waals surface area contributed by atoms with Crippen molar-refractivity contribution < 1.29 is 17.4 Å². The van der Waals surface area contributed by atoms with Gasteiger partial charge in [0.2, 0.25) is 0 Å². The fourth-order valence-corrected chi connectivity index (χ4v) is 3.41. The first-order chi connectivity index (χ1) is 13.8. The standard InChI is InChI=1S/C21H17ClN2O4S/c1-15-5-11-20(12-6-15)29(26,27)28-19-4-2-3-16(13-19)14-23-24-21(25)17-7-9-18(22)10-8-17/h2-14H,1H3,(H,24,25)/b23-14-. The zero-order valence-electron chi connectivity index (χ0n) is 15.4. The number of nitrogens with one attached hydrogen (secondary N) is 1. The molecule has 3 rings (SSSR count). The lowest BCUT2D eigenvalue weighted by molar-refractivity contribution is 0.0955. The van der Waals surface area contributed by atoms with Crippen molar-refractivity contribution in [3.8, 4) is 5.75 Å². The highest BCUT2D eigenvalue weighted by Gasteiger charge is 2.16. The van der Waals surface area contributed by atoms with E-state index in [2.05, 4.69) is 10.5 Å². The van der Waals surface area contributed by atoms with E-state index in [0.717, 1.165) is 5.56 Å². The summed E-state index contributed by atoms with van der Waals surface area (Å²) in [5.41, 5.74) is 4.30. The number of carbonyl (C=O) groups excluding carboxylic acids is 1. The van der Waals surface area contributed by atoms with Crippen LogP contribution in [0.3, 0.4) is 0 Å². The average Bonchev–Trinajstić information content (AvgIpc) is 2.69. The number of nitrogens with zero attached hydrogens (tertiary/aromatic N) is 1. The van der Waals surface area contributed by atoms with E-state index < -0.39 is 16.0 Å². The van der Waals surface area contributed by atoms with E-state index in [4.69, 9.17) is 15.8 Å². The van der Waals surface area contributed by atoms with Crippen LogP contribution >= 0.6 is 11.6 Å². The van der Waals surface area contributed by atoms with Gasteiger partial charge in [0.05, 0.1) is 6.21 Å². The van der Waals surface area contributed by atoms with E-state index in [9.17, 15) is 13.2 Å². The molecule has 0 heterocycles. The molecule has 148 valence electrons. The van der Waals surface area contributed by atoms with Gasteiger partial charge in [0.1, 0.15) is 10.6 Å². The molecule has 0 atom stereocenters. The molecule has 0 aromatic heterocycles. The lowest BCUT2D eigenvalue weighted by atomic mass is 10.2. The number of carbonyl (C=O) groups is 1. The van der Waals surface area contributed by atoms with Crippen LogP contribution in [0.2, 0.25) is 5.02 Å². The maximum Gasteiger partial charge on any atom is 0.339 e. The largest absolute Gasteiger partial charge is 0.379 e. The second kappa shape index (κ2) is 8.89. The summed E-state index contributed by atoms with van der Waals surface area (Å²) >= 11 is 5.79. The normalized spacial score (nSPS) is 11.4. The Kier molecular flexibility index (Phi) is 6.31. The molecular formula is C21H17ClN2O4S. The summed E-state index contributed by atoms with van der Waals surface area (Å²) in [6, 6.07) is 19.1. The van der Waals surface area contributed by atoms with Crippen LogP contribution in [-0.2, 0) is 10.1 Å². The van der Waals surface area contributed by atoms with Gasteiger partial charge < -0.3 is 4.18 Å². The molecule has 1 N–H and O–H groups in total. The molecule has 0 bridgehead atoms.